The molecule has 9 nitrogen and oxygen atoms in total. The zero-order valence-electron chi connectivity index (χ0n) is 16.3. The lowest BCUT2D eigenvalue weighted by Crippen LogP contribution is -2.59. The summed E-state index contributed by atoms with van der Waals surface area (Å²) in [6.07, 6.45) is 5.63. The largest absolute Gasteiger partial charge is 0.451 e. The molecule has 2 fully saturated rings. The number of carbonyl (C=O) groups excluding carboxylic acids is 2. The molecule has 0 bridgehead atoms. The average Bonchev–Trinajstić information content (AvgIpc) is 2.73. The van der Waals surface area contributed by atoms with Crippen molar-refractivity contribution >= 4 is 11.9 Å². The van der Waals surface area contributed by atoms with Crippen LogP contribution in [0.15, 0.2) is 16.9 Å². The molecule has 3 rings (SSSR count). The number of aromatic nitrogens is 2. The van der Waals surface area contributed by atoms with E-state index in [4.69, 9.17) is 9.47 Å². The van der Waals surface area contributed by atoms with Gasteiger partial charge in [-0.1, -0.05) is 19.3 Å². The second kappa shape index (κ2) is 9.29. The van der Waals surface area contributed by atoms with Gasteiger partial charge >= 0.3 is 5.97 Å². The molecule has 0 unspecified atom stereocenters. The molecule has 0 atom stereocenters. The van der Waals surface area contributed by atoms with Crippen LogP contribution >= 0.6 is 0 Å². The highest BCUT2D eigenvalue weighted by Gasteiger charge is 2.38. The monoisotopic (exact) mass is 392 g/mol. The van der Waals surface area contributed by atoms with Crippen molar-refractivity contribution in [2.75, 3.05) is 39.5 Å². The molecule has 2 heterocycles. The van der Waals surface area contributed by atoms with Crippen molar-refractivity contribution in [1.29, 1.82) is 0 Å². The molecule has 1 amide bonds. The minimum absolute atomic E-state index is 0.00744. The van der Waals surface area contributed by atoms with E-state index in [9.17, 15) is 14.4 Å². The van der Waals surface area contributed by atoms with Crippen molar-refractivity contribution in [3.63, 3.8) is 0 Å². The summed E-state index contributed by atoms with van der Waals surface area (Å²) in [4.78, 5) is 38.1. The standard InChI is InChI=1S/C19H28N4O5/c1-22-17(25)6-5-15(21-22)18(26)28-13-16(24)20-14-19(7-3-2-4-8-19)23-9-11-27-12-10-23/h5-6H,2-4,7-14H2,1H3,(H,20,24). The van der Waals surface area contributed by atoms with Gasteiger partial charge in [-0.2, -0.15) is 5.10 Å². The van der Waals surface area contributed by atoms with Crippen molar-refractivity contribution in [2.45, 2.75) is 37.6 Å². The topological polar surface area (TPSA) is 103 Å². The maximum absolute atomic E-state index is 12.3. The molecule has 0 radical (unpaired) electrons. The van der Waals surface area contributed by atoms with Crippen LogP contribution in [0.25, 0.3) is 0 Å². The lowest BCUT2D eigenvalue weighted by molar-refractivity contribution is -0.125. The Kier molecular flexibility index (Phi) is 6.79. The van der Waals surface area contributed by atoms with Crippen LogP contribution in [0.3, 0.4) is 0 Å². The van der Waals surface area contributed by atoms with Gasteiger partial charge in [0.2, 0.25) is 0 Å². The van der Waals surface area contributed by atoms with Crippen LogP contribution in [0.4, 0.5) is 0 Å². The Labute approximate surface area is 164 Å². The lowest BCUT2D eigenvalue weighted by Gasteiger charge is -2.48. The van der Waals surface area contributed by atoms with E-state index in [1.165, 1.54) is 25.6 Å². The van der Waals surface area contributed by atoms with E-state index in [0.29, 0.717) is 6.54 Å². The third-order valence-electron chi connectivity index (χ3n) is 5.58. The molecule has 1 aromatic rings. The van der Waals surface area contributed by atoms with Gasteiger partial charge in [-0.25, -0.2) is 9.48 Å². The molecular weight excluding hydrogens is 364 g/mol. The van der Waals surface area contributed by atoms with Gasteiger partial charge in [-0.15, -0.1) is 0 Å². The van der Waals surface area contributed by atoms with Gasteiger partial charge in [-0.3, -0.25) is 14.5 Å². The molecule has 1 saturated carbocycles. The number of esters is 1. The van der Waals surface area contributed by atoms with E-state index in [2.05, 4.69) is 15.3 Å². The molecular formula is C19H28N4O5. The number of morpholine rings is 1. The fourth-order valence-corrected chi connectivity index (χ4v) is 3.98. The normalized spacial score (nSPS) is 19.8. The van der Waals surface area contributed by atoms with Gasteiger partial charge in [0.15, 0.2) is 12.3 Å². The third-order valence-corrected chi connectivity index (χ3v) is 5.58. The second-order valence-electron chi connectivity index (χ2n) is 7.42. The quantitative estimate of drug-likeness (QED) is 0.685. The number of aryl methyl sites for hydroxylation is 1. The summed E-state index contributed by atoms with van der Waals surface area (Å²) < 4.78 is 11.6. The van der Waals surface area contributed by atoms with Crippen LogP contribution in [0, 0.1) is 0 Å². The molecule has 1 aliphatic carbocycles. The number of hydrogen-bond donors (Lipinski definition) is 1. The highest BCUT2D eigenvalue weighted by Crippen LogP contribution is 2.33. The van der Waals surface area contributed by atoms with Gasteiger partial charge in [0.05, 0.1) is 13.2 Å². The van der Waals surface area contributed by atoms with Crippen LogP contribution < -0.4 is 10.9 Å². The summed E-state index contributed by atoms with van der Waals surface area (Å²) in [6, 6.07) is 2.52. The fraction of sp³-hybridized carbons (Fsp3) is 0.684. The first-order valence-electron chi connectivity index (χ1n) is 9.81. The first kappa shape index (κ1) is 20.5. The SMILES string of the molecule is Cn1nc(C(=O)OCC(=O)NCC2(N3CCOCC3)CCCCC2)ccc1=O. The molecule has 0 aromatic carbocycles. The number of nitrogens with one attached hydrogen (secondary N) is 1. The summed E-state index contributed by atoms with van der Waals surface area (Å²) in [5.41, 5.74) is -0.372. The molecule has 1 saturated heterocycles. The van der Waals surface area contributed by atoms with E-state index in [1.54, 1.807) is 0 Å². The summed E-state index contributed by atoms with van der Waals surface area (Å²) in [5, 5.41) is 6.77. The van der Waals surface area contributed by atoms with E-state index in [-0.39, 0.29) is 29.3 Å². The number of nitrogens with zero attached hydrogens (tertiary/aromatic N) is 3. The molecule has 9 heteroatoms. The van der Waals surface area contributed by atoms with Crippen molar-refractivity contribution in [2.24, 2.45) is 7.05 Å². The number of ether oxygens (including phenoxy) is 2. The molecule has 1 aliphatic heterocycles. The van der Waals surface area contributed by atoms with Crippen LogP contribution in [-0.4, -0.2) is 71.6 Å². The van der Waals surface area contributed by atoms with Crippen LogP contribution in [0.5, 0.6) is 0 Å². The van der Waals surface area contributed by atoms with Crippen LogP contribution in [-0.2, 0) is 21.3 Å². The van der Waals surface area contributed by atoms with Gasteiger partial charge in [0.25, 0.3) is 11.5 Å². The van der Waals surface area contributed by atoms with Crippen molar-refractivity contribution in [3.8, 4) is 0 Å². The van der Waals surface area contributed by atoms with E-state index >= 15 is 0 Å². The minimum atomic E-state index is -0.730. The van der Waals surface area contributed by atoms with E-state index in [1.807, 2.05) is 0 Å². The Morgan fingerprint density at radius 2 is 1.93 bits per heavy atom. The maximum Gasteiger partial charge on any atom is 0.359 e. The Morgan fingerprint density at radius 1 is 1.21 bits per heavy atom. The number of carbonyl (C=O) groups is 2. The predicted octanol–water partition coefficient (Wildman–Crippen LogP) is 0.0884. The average molecular weight is 392 g/mol. The molecule has 1 aromatic heterocycles. The van der Waals surface area contributed by atoms with Gasteiger partial charge in [0, 0.05) is 38.3 Å². The van der Waals surface area contributed by atoms with Gasteiger partial charge in [-0.05, 0) is 18.9 Å². The second-order valence-corrected chi connectivity index (χ2v) is 7.42. The fourth-order valence-electron chi connectivity index (χ4n) is 3.98. The van der Waals surface area contributed by atoms with Gasteiger partial charge < -0.3 is 14.8 Å². The van der Waals surface area contributed by atoms with Crippen LogP contribution in [0.1, 0.15) is 42.6 Å². The maximum atomic E-state index is 12.3. The smallest absolute Gasteiger partial charge is 0.359 e. The molecule has 154 valence electrons. The summed E-state index contributed by atoms with van der Waals surface area (Å²) in [5.74, 6) is -1.07. The third kappa shape index (κ3) is 4.96. The first-order chi connectivity index (χ1) is 13.5. The molecule has 2 aliphatic rings. The molecule has 28 heavy (non-hydrogen) atoms. The number of rotatable bonds is 6. The summed E-state index contributed by atoms with van der Waals surface area (Å²) in [6.45, 7) is 3.37. The highest BCUT2D eigenvalue weighted by molar-refractivity contribution is 5.89. The number of hydrogen-bond acceptors (Lipinski definition) is 7. The zero-order valence-corrected chi connectivity index (χ0v) is 16.3. The Morgan fingerprint density at radius 3 is 2.61 bits per heavy atom. The van der Waals surface area contributed by atoms with E-state index in [0.717, 1.165) is 56.7 Å². The Hall–Kier alpha value is -2.26. The number of amides is 1. The zero-order chi connectivity index (χ0) is 20.0. The minimum Gasteiger partial charge on any atom is -0.451 e. The lowest BCUT2D eigenvalue weighted by atomic mass is 9.79. The summed E-state index contributed by atoms with van der Waals surface area (Å²) in [7, 11) is 1.45. The van der Waals surface area contributed by atoms with Crippen molar-refractivity contribution in [3.05, 3.63) is 28.2 Å². The Bertz CT molecular complexity index is 751. The first-order valence-corrected chi connectivity index (χ1v) is 9.81. The Balaban J connectivity index is 1.52. The molecule has 0 spiro atoms. The predicted molar refractivity (Wildman–Crippen MR) is 101 cm³/mol. The molecule has 1 N–H and O–H groups in total. The highest BCUT2D eigenvalue weighted by atomic mass is 16.5. The summed E-state index contributed by atoms with van der Waals surface area (Å²) >= 11 is 0. The van der Waals surface area contributed by atoms with Crippen molar-refractivity contribution in [1.82, 2.24) is 20.0 Å². The van der Waals surface area contributed by atoms with Crippen molar-refractivity contribution < 1.29 is 19.1 Å². The van der Waals surface area contributed by atoms with Gasteiger partial charge in [0.1, 0.15) is 0 Å². The van der Waals surface area contributed by atoms with Crippen LogP contribution in [0.2, 0.25) is 0 Å². The van der Waals surface area contributed by atoms with E-state index < -0.39 is 5.97 Å².